The second-order valence-corrected chi connectivity index (χ2v) is 13.5. The van der Waals surface area contributed by atoms with Gasteiger partial charge in [0.05, 0.1) is 0 Å². The van der Waals surface area contributed by atoms with E-state index in [-0.39, 0.29) is 0 Å². The smallest absolute Gasteiger partial charge is 0.412 e. The van der Waals surface area contributed by atoms with Crippen molar-refractivity contribution in [3.05, 3.63) is 115 Å². The Hall–Kier alpha value is -4.33. The van der Waals surface area contributed by atoms with Crippen molar-refractivity contribution in [1.29, 1.82) is 0 Å². The van der Waals surface area contributed by atoms with E-state index in [0.29, 0.717) is 11.4 Å². The van der Waals surface area contributed by atoms with Crippen LogP contribution in [0.2, 0.25) is 0 Å². The maximum atomic E-state index is 12.0. The van der Waals surface area contributed by atoms with Gasteiger partial charge in [0.15, 0.2) is 0 Å². The van der Waals surface area contributed by atoms with Gasteiger partial charge in [0, 0.05) is 36.6 Å². The molecule has 0 fully saturated rings. The number of nitrogens with two attached hydrogens (primary N) is 2. The summed E-state index contributed by atoms with van der Waals surface area (Å²) >= 11 is 3.25. The standard InChI is InChI=1S/C36H35N3O2S2/c1-23-5-15-29(16-6-23)42-33-19-11-26(21-31(33)37)24-7-9-25(10-8-24)27-12-20-34(32(38)22-27)43-30-17-13-28(14-18-30)39-35(40)41-36(2,3)4/h5-22H,37-38H2,1-4H3,(H,39,40). The second-order valence-electron chi connectivity index (χ2n) is 11.3. The monoisotopic (exact) mass is 605 g/mol. The minimum absolute atomic E-state index is 0.476. The minimum Gasteiger partial charge on any atom is -0.444 e. The van der Waals surface area contributed by atoms with Crippen molar-refractivity contribution in [2.24, 2.45) is 0 Å². The molecular formula is C36H35N3O2S2. The van der Waals surface area contributed by atoms with Crippen molar-refractivity contribution < 1.29 is 9.53 Å². The number of carbonyl (C=O) groups excluding carboxylic acids is 1. The van der Waals surface area contributed by atoms with Crippen LogP contribution >= 0.6 is 23.5 Å². The van der Waals surface area contributed by atoms with Crippen LogP contribution in [0.4, 0.5) is 21.9 Å². The lowest BCUT2D eigenvalue weighted by atomic mass is 10.00. The topological polar surface area (TPSA) is 90.4 Å². The largest absolute Gasteiger partial charge is 0.444 e. The molecule has 0 radical (unpaired) electrons. The summed E-state index contributed by atoms with van der Waals surface area (Å²) in [4.78, 5) is 16.2. The third-order valence-electron chi connectivity index (χ3n) is 6.55. The molecule has 0 aliphatic rings. The normalized spacial score (nSPS) is 11.3. The lowest BCUT2D eigenvalue weighted by Crippen LogP contribution is -2.27. The molecule has 5 N–H and O–H groups in total. The lowest BCUT2D eigenvalue weighted by molar-refractivity contribution is 0.0636. The summed E-state index contributed by atoms with van der Waals surface area (Å²) in [5.74, 6) is 0. The van der Waals surface area contributed by atoms with Gasteiger partial charge in [-0.15, -0.1) is 0 Å². The first-order valence-corrected chi connectivity index (χ1v) is 15.6. The molecular weight excluding hydrogens is 571 g/mol. The van der Waals surface area contributed by atoms with Crippen LogP contribution in [0.5, 0.6) is 0 Å². The summed E-state index contributed by atoms with van der Waals surface area (Å²) in [5, 5.41) is 2.75. The average Bonchev–Trinajstić information content (AvgIpc) is 2.96. The van der Waals surface area contributed by atoms with Crippen LogP contribution in [0, 0.1) is 6.92 Å². The Labute approximate surface area is 262 Å². The molecule has 0 bridgehead atoms. The van der Waals surface area contributed by atoms with Gasteiger partial charge in [0.1, 0.15) is 5.60 Å². The Kier molecular flexibility index (Phi) is 9.04. The Balaban J connectivity index is 1.23. The summed E-state index contributed by atoms with van der Waals surface area (Å²) in [6, 6.07) is 36.9. The highest BCUT2D eigenvalue weighted by Gasteiger charge is 2.16. The highest BCUT2D eigenvalue weighted by atomic mass is 32.2. The van der Waals surface area contributed by atoms with Crippen LogP contribution in [-0.2, 0) is 4.74 Å². The third-order valence-corrected chi connectivity index (χ3v) is 8.75. The number of hydrogen-bond acceptors (Lipinski definition) is 6. The molecule has 0 unspecified atom stereocenters. The summed E-state index contributed by atoms with van der Waals surface area (Å²) in [5.41, 5.74) is 20.1. The summed E-state index contributed by atoms with van der Waals surface area (Å²) in [6.07, 6.45) is -0.476. The first-order chi connectivity index (χ1) is 20.5. The van der Waals surface area contributed by atoms with Crippen molar-refractivity contribution in [1.82, 2.24) is 0 Å². The molecule has 0 atom stereocenters. The van der Waals surface area contributed by atoms with E-state index in [9.17, 15) is 4.79 Å². The third kappa shape index (κ3) is 8.15. The van der Waals surface area contributed by atoms with Gasteiger partial charge in [-0.1, -0.05) is 77.6 Å². The predicted molar refractivity (Wildman–Crippen MR) is 182 cm³/mol. The zero-order valence-electron chi connectivity index (χ0n) is 24.7. The fourth-order valence-electron chi connectivity index (χ4n) is 4.39. The van der Waals surface area contributed by atoms with Gasteiger partial charge in [-0.2, -0.15) is 0 Å². The number of nitrogen functional groups attached to an aromatic ring is 2. The van der Waals surface area contributed by atoms with E-state index >= 15 is 0 Å². The van der Waals surface area contributed by atoms with Crippen LogP contribution in [0.15, 0.2) is 129 Å². The molecule has 0 aliphatic carbocycles. The second kappa shape index (κ2) is 12.9. The van der Waals surface area contributed by atoms with E-state index < -0.39 is 11.7 Å². The van der Waals surface area contributed by atoms with Gasteiger partial charge in [0.25, 0.3) is 0 Å². The van der Waals surface area contributed by atoms with Crippen LogP contribution in [0.25, 0.3) is 22.3 Å². The predicted octanol–water partition coefficient (Wildman–Crippen LogP) is 10.1. The number of amides is 1. The number of hydrogen-bond donors (Lipinski definition) is 3. The Morgan fingerprint density at radius 1 is 0.628 bits per heavy atom. The maximum Gasteiger partial charge on any atom is 0.412 e. The first kappa shape index (κ1) is 30.1. The summed E-state index contributed by atoms with van der Waals surface area (Å²) < 4.78 is 5.31. The van der Waals surface area contributed by atoms with E-state index in [4.69, 9.17) is 16.2 Å². The SMILES string of the molecule is Cc1ccc(Sc2ccc(-c3ccc(-c4ccc(Sc5ccc(NC(=O)OC(C)(C)C)cc5)c(N)c4)cc3)cc2N)cc1. The minimum atomic E-state index is -0.548. The lowest BCUT2D eigenvalue weighted by Gasteiger charge is -2.19. The average molecular weight is 606 g/mol. The molecule has 0 aromatic heterocycles. The maximum absolute atomic E-state index is 12.0. The van der Waals surface area contributed by atoms with Crippen molar-refractivity contribution >= 4 is 46.7 Å². The number of anilines is 3. The van der Waals surface area contributed by atoms with Gasteiger partial charge < -0.3 is 16.2 Å². The van der Waals surface area contributed by atoms with Crippen LogP contribution in [0.3, 0.4) is 0 Å². The van der Waals surface area contributed by atoms with Gasteiger partial charge in [0.2, 0.25) is 0 Å². The number of aryl methyl sites for hydroxylation is 1. The van der Waals surface area contributed by atoms with Gasteiger partial charge in [-0.3, -0.25) is 5.32 Å². The number of carbonyl (C=O) groups is 1. The van der Waals surface area contributed by atoms with E-state index in [2.05, 4.69) is 79.0 Å². The van der Waals surface area contributed by atoms with E-state index in [1.54, 1.807) is 23.5 Å². The molecule has 5 aromatic rings. The van der Waals surface area contributed by atoms with E-state index in [0.717, 1.165) is 42.6 Å². The quantitative estimate of drug-likeness (QED) is 0.160. The molecule has 43 heavy (non-hydrogen) atoms. The molecule has 0 saturated carbocycles. The molecule has 0 aliphatic heterocycles. The van der Waals surface area contributed by atoms with Gasteiger partial charge in [-0.25, -0.2) is 4.79 Å². The molecule has 5 rings (SSSR count). The van der Waals surface area contributed by atoms with E-state index in [1.807, 2.05) is 63.2 Å². The molecule has 0 saturated heterocycles. The summed E-state index contributed by atoms with van der Waals surface area (Å²) in [6.45, 7) is 7.59. The van der Waals surface area contributed by atoms with Crippen LogP contribution in [-0.4, -0.2) is 11.7 Å². The number of nitrogens with one attached hydrogen (secondary N) is 1. The fraction of sp³-hybridized carbons (Fsp3) is 0.139. The van der Waals surface area contributed by atoms with Crippen molar-refractivity contribution in [2.75, 3.05) is 16.8 Å². The zero-order chi connectivity index (χ0) is 30.6. The Morgan fingerprint density at radius 2 is 1.05 bits per heavy atom. The van der Waals surface area contributed by atoms with Crippen molar-refractivity contribution in [3.8, 4) is 22.3 Å². The molecule has 0 heterocycles. The molecule has 5 aromatic carbocycles. The fourth-order valence-corrected chi connectivity index (χ4v) is 6.06. The number of ether oxygens (including phenoxy) is 1. The highest BCUT2D eigenvalue weighted by Crippen LogP contribution is 2.37. The Bertz CT molecular complexity index is 1730. The zero-order valence-corrected chi connectivity index (χ0v) is 26.3. The van der Waals surface area contributed by atoms with Crippen molar-refractivity contribution in [3.63, 3.8) is 0 Å². The van der Waals surface area contributed by atoms with Gasteiger partial charge in [-0.05, 0) is 111 Å². The number of benzene rings is 5. The molecule has 7 heteroatoms. The molecule has 1 amide bonds. The molecule has 0 spiro atoms. The summed E-state index contributed by atoms with van der Waals surface area (Å²) in [7, 11) is 0. The van der Waals surface area contributed by atoms with Crippen molar-refractivity contribution in [2.45, 2.75) is 52.9 Å². The first-order valence-electron chi connectivity index (χ1n) is 13.9. The number of rotatable bonds is 7. The Morgan fingerprint density at radius 3 is 1.47 bits per heavy atom. The molecule has 218 valence electrons. The highest BCUT2D eigenvalue weighted by molar-refractivity contribution is 7.99. The van der Waals surface area contributed by atoms with Crippen LogP contribution < -0.4 is 16.8 Å². The molecule has 5 nitrogen and oxygen atoms in total. The van der Waals surface area contributed by atoms with E-state index in [1.165, 1.54) is 10.5 Å². The van der Waals surface area contributed by atoms with Gasteiger partial charge >= 0.3 is 6.09 Å². The van der Waals surface area contributed by atoms with Crippen LogP contribution in [0.1, 0.15) is 26.3 Å².